The molecule has 0 saturated carbocycles. The second-order valence-electron chi connectivity index (χ2n) is 11.5. The molecule has 3 aliphatic heterocycles. The van der Waals surface area contributed by atoms with E-state index in [-0.39, 0.29) is 56.5 Å². The van der Waals surface area contributed by atoms with E-state index in [0.717, 1.165) is 37.5 Å². The average Bonchev–Trinajstić information content (AvgIpc) is 2.97. The maximum absolute atomic E-state index is 12.9. The summed E-state index contributed by atoms with van der Waals surface area (Å²) in [6, 6.07) is 7.11. The lowest BCUT2D eigenvalue weighted by Gasteiger charge is -2.49. The minimum atomic E-state index is -0.550. The average molecular weight is 691 g/mol. The molecule has 218 valence electrons. The molecule has 0 aliphatic carbocycles. The number of aromatic nitrogens is 2. The molecule has 3 aliphatic rings. The van der Waals surface area contributed by atoms with E-state index in [1.807, 2.05) is 40.0 Å². The highest BCUT2D eigenvalue weighted by molar-refractivity contribution is 7.59. The van der Waals surface area contributed by atoms with Crippen molar-refractivity contribution in [2.75, 3.05) is 36.5 Å². The van der Waals surface area contributed by atoms with Gasteiger partial charge in [0, 0.05) is 43.9 Å². The summed E-state index contributed by atoms with van der Waals surface area (Å²) in [4.78, 5) is 22.5. The highest BCUT2D eigenvalue weighted by Gasteiger charge is 2.52. The number of aryl methyl sites for hydroxylation is 1. The van der Waals surface area contributed by atoms with Crippen LogP contribution in [-0.2, 0) is 21.1 Å². The number of nitrogens with one attached hydrogen (secondary N) is 1. The first-order valence-corrected chi connectivity index (χ1v) is 12.8. The Labute approximate surface area is 263 Å². The minimum Gasteiger partial charge on any atom is -1.00 e. The number of halogens is 1. The molecule has 2 aromatic heterocycles. The SMILES string of the molecule is C[C@H]1CN(C2COC2)C[C@H](C)N1c1ccc(Nc2cc(B3OC(C)(C)C(C)(C)O3)cn(C)c2=O)nc1.S.S.[I-]. The van der Waals surface area contributed by atoms with Gasteiger partial charge in [-0.1, -0.05) is 0 Å². The van der Waals surface area contributed by atoms with Crippen LogP contribution in [0.2, 0.25) is 0 Å². The molecule has 2 aromatic rings. The van der Waals surface area contributed by atoms with Gasteiger partial charge in [-0.2, -0.15) is 27.0 Å². The second-order valence-corrected chi connectivity index (χ2v) is 11.5. The number of hydrogen-bond donors (Lipinski definition) is 1. The Bertz CT molecular complexity index is 1150. The molecule has 0 bridgehead atoms. The number of rotatable bonds is 5. The lowest BCUT2D eigenvalue weighted by molar-refractivity contribution is -0.0726. The summed E-state index contributed by atoms with van der Waals surface area (Å²) in [6.07, 6.45) is 3.66. The van der Waals surface area contributed by atoms with Gasteiger partial charge in [-0.05, 0) is 59.7 Å². The molecule has 0 amide bonds. The van der Waals surface area contributed by atoms with Crippen LogP contribution in [-0.4, -0.2) is 77.2 Å². The first kappa shape index (κ1) is 34.2. The maximum atomic E-state index is 12.9. The molecule has 0 spiro atoms. The van der Waals surface area contributed by atoms with E-state index in [0.29, 0.717) is 29.6 Å². The predicted octanol–water partition coefficient (Wildman–Crippen LogP) is -0.649. The molecule has 0 aromatic carbocycles. The van der Waals surface area contributed by atoms with Crippen molar-refractivity contribution >= 4 is 56.8 Å². The number of pyridine rings is 2. The Morgan fingerprint density at radius 1 is 1.03 bits per heavy atom. The maximum Gasteiger partial charge on any atom is 0.496 e. The van der Waals surface area contributed by atoms with Crippen LogP contribution in [0.5, 0.6) is 0 Å². The highest BCUT2D eigenvalue weighted by atomic mass is 127. The summed E-state index contributed by atoms with van der Waals surface area (Å²) < 4.78 is 19.3. The van der Waals surface area contributed by atoms with Crippen LogP contribution in [0.1, 0.15) is 41.5 Å². The largest absolute Gasteiger partial charge is 1.00 e. The van der Waals surface area contributed by atoms with E-state index < -0.39 is 18.3 Å². The molecular weight excluding hydrogens is 648 g/mol. The summed E-state index contributed by atoms with van der Waals surface area (Å²) in [7, 11) is 1.18. The Morgan fingerprint density at radius 2 is 1.62 bits per heavy atom. The fourth-order valence-electron chi connectivity index (χ4n) is 5.29. The van der Waals surface area contributed by atoms with Crippen LogP contribution >= 0.6 is 27.0 Å². The third-order valence-corrected chi connectivity index (χ3v) is 8.12. The predicted molar refractivity (Wildman–Crippen MR) is 163 cm³/mol. The summed E-state index contributed by atoms with van der Waals surface area (Å²) in [6.45, 7) is 16.3. The van der Waals surface area contributed by atoms with Crippen molar-refractivity contribution < 1.29 is 38.0 Å². The number of ether oxygens (including phenoxy) is 1. The van der Waals surface area contributed by atoms with Gasteiger partial charge >= 0.3 is 7.12 Å². The smallest absolute Gasteiger partial charge is 0.496 e. The molecule has 9 nitrogen and oxygen atoms in total. The fourth-order valence-corrected chi connectivity index (χ4v) is 5.29. The van der Waals surface area contributed by atoms with Gasteiger partial charge in [-0.25, -0.2) is 4.98 Å². The standard InChI is InChI=1S/C26H38BN5O4.HI.2H2S/c1-17-12-31(21-15-34-16-21)13-18(2)32(17)20-8-9-23(28-11-20)29-22-10-19(14-30(7)24(22)33)27-35-25(3,4)26(5,6)36-27;;;/h8-11,14,17-18,21H,12-13,15-16H2,1-7H3,(H,28,29);1H;2*1H2/p-1/t17-,18-;;;/m0.../s1. The lowest BCUT2D eigenvalue weighted by Crippen LogP contribution is -3.00. The quantitative estimate of drug-likeness (QED) is 0.328. The number of piperazine rings is 1. The van der Waals surface area contributed by atoms with Crippen LogP contribution in [0.25, 0.3) is 0 Å². The van der Waals surface area contributed by atoms with Crippen LogP contribution in [0.3, 0.4) is 0 Å². The van der Waals surface area contributed by atoms with Crippen LogP contribution < -0.4 is 45.2 Å². The lowest BCUT2D eigenvalue weighted by atomic mass is 9.80. The van der Waals surface area contributed by atoms with Gasteiger partial charge in [-0.3, -0.25) is 9.69 Å². The third-order valence-electron chi connectivity index (χ3n) is 8.12. The first-order chi connectivity index (χ1) is 16.9. The zero-order valence-corrected chi connectivity index (χ0v) is 28.0. The molecule has 3 fully saturated rings. The van der Waals surface area contributed by atoms with Gasteiger partial charge in [0.05, 0.1) is 42.3 Å². The summed E-state index contributed by atoms with van der Waals surface area (Å²) >= 11 is 0. The van der Waals surface area contributed by atoms with Crippen LogP contribution in [0, 0.1) is 0 Å². The van der Waals surface area contributed by atoms with E-state index in [4.69, 9.17) is 14.0 Å². The third kappa shape index (κ3) is 6.75. The van der Waals surface area contributed by atoms with Crippen LogP contribution in [0.4, 0.5) is 17.2 Å². The van der Waals surface area contributed by atoms with Gasteiger partial charge in [0.2, 0.25) is 0 Å². The topological polar surface area (TPSA) is 81.1 Å². The number of nitrogens with zero attached hydrogens (tertiary/aromatic N) is 4. The van der Waals surface area contributed by atoms with Crippen molar-refractivity contribution in [1.29, 1.82) is 0 Å². The molecule has 5 rings (SSSR count). The van der Waals surface area contributed by atoms with Crippen molar-refractivity contribution in [2.24, 2.45) is 7.05 Å². The number of anilines is 3. The minimum absolute atomic E-state index is 0. The molecule has 1 N–H and O–H groups in total. The van der Waals surface area contributed by atoms with E-state index in [2.05, 4.69) is 40.0 Å². The van der Waals surface area contributed by atoms with Gasteiger partial charge in [-0.15, -0.1) is 0 Å². The molecule has 5 heterocycles. The van der Waals surface area contributed by atoms with E-state index in [1.54, 1.807) is 23.9 Å². The summed E-state index contributed by atoms with van der Waals surface area (Å²) in [5.74, 6) is 0.618. The molecule has 2 atom stereocenters. The van der Waals surface area contributed by atoms with Crippen molar-refractivity contribution in [1.82, 2.24) is 14.5 Å². The molecule has 13 heteroatoms. The summed E-state index contributed by atoms with van der Waals surface area (Å²) in [5, 5.41) is 3.21. The van der Waals surface area contributed by atoms with Gasteiger partial charge in [0.1, 0.15) is 11.5 Å². The molecule has 3 saturated heterocycles. The Hall–Kier alpha value is -0.965. The Morgan fingerprint density at radius 3 is 2.10 bits per heavy atom. The van der Waals surface area contributed by atoms with E-state index in [9.17, 15) is 4.79 Å². The zero-order valence-electron chi connectivity index (χ0n) is 23.8. The van der Waals surface area contributed by atoms with Gasteiger partial charge in [0.15, 0.2) is 0 Å². The monoisotopic (exact) mass is 690 g/mol. The van der Waals surface area contributed by atoms with Crippen molar-refractivity contribution in [3.05, 3.63) is 40.9 Å². The second kappa shape index (κ2) is 12.9. The molecule has 0 unspecified atom stereocenters. The van der Waals surface area contributed by atoms with Crippen molar-refractivity contribution in [2.45, 2.75) is 70.9 Å². The normalized spacial score (nSPS) is 24.2. The Balaban J connectivity index is 0.00000178. The highest BCUT2D eigenvalue weighted by Crippen LogP contribution is 2.36. The van der Waals surface area contributed by atoms with Crippen molar-refractivity contribution in [3.63, 3.8) is 0 Å². The fraction of sp³-hybridized carbons (Fsp3) is 0.615. The van der Waals surface area contributed by atoms with E-state index in [1.165, 1.54) is 0 Å². The van der Waals surface area contributed by atoms with Gasteiger partial charge < -0.3 is 52.8 Å². The molecular formula is C26H42BIN5O4S2-. The number of hydrogen-bond acceptors (Lipinski definition) is 8. The van der Waals surface area contributed by atoms with Gasteiger partial charge in [0.25, 0.3) is 5.56 Å². The summed E-state index contributed by atoms with van der Waals surface area (Å²) in [5.41, 5.74) is 1.25. The van der Waals surface area contributed by atoms with Crippen LogP contribution in [0.15, 0.2) is 35.4 Å². The molecule has 0 radical (unpaired) electrons. The molecule has 39 heavy (non-hydrogen) atoms. The van der Waals surface area contributed by atoms with Crippen molar-refractivity contribution in [3.8, 4) is 0 Å². The van der Waals surface area contributed by atoms with E-state index >= 15 is 0 Å². The first-order valence-electron chi connectivity index (χ1n) is 12.8. The Kier molecular flexibility index (Phi) is 11.3. The zero-order chi connectivity index (χ0) is 25.8.